The first-order valence-corrected chi connectivity index (χ1v) is 4.32. The second-order valence-corrected chi connectivity index (χ2v) is 2.82. The van der Waals surface area contributed by atoms with Crippen molar-refractivity contribution in [1.82, 2.24) is 0 Å². The number of nitriles is 1. The molecule has 0 aromatic heterocycles. The molecule has 15 heavy (non-hydrogen) atoms. The fourth-order valence-corrected chi connectivity index (χ4v) is 1.01. The van der Waals surface area contributed by atoms with Gasteiger partial charge in [0.05, 0.1) is 6.61 Å². The van der Waals surface area contributed by atoms with Crippen molar-refractivity contribution in [3.63, 3.8) is 0 Å². The van der Waals surface area contributed by atoms with Crippen LogP contribution in [-0.4, -0.2) is 6.61 Å². The SMILES string of the molecule is CCCOc1c(F)cc(F)c(C#N)c1F. The van der Waals surface area contributed by atoms with E-state index in [2.05, 4.69) is 0 Å². The maximum atomic E-state index is 13.3. The van der Waals surface area contributed by atoms with Gasteiger partial charge in [-0.3, -0.25) is 0 Å². The topological polar surface area (TPSA) is 33.0 Å². The molecule has 0 aliphatic heterocycles. The van der Waals surface area contributed by atoms with Gasteiger partial charge in [-0.2, -0.15) is 5.26 Å². The predicted molar refractivity (Wildman–Crippen MR) is 46.8 cm³/mol. The highest BCUT2D eigenvalue weighted by Gasteiger charge is 2.19. The van der Waals surface area contributed by atoms with Crippen molar-refractivity contribution in [2.75, 3.05) is 6.61 Å². The summed E-state index contributed by atoms with van der Waals surface area (Å²) in [6.45, 7) is 1.86. The smallest absolute Gasteiger partial charge is 0.192 e. The monoisotopic (exact) mass is 215 g/mol. The van der Waals surface area contributed by atoms with Gasteiger partial charge in [-0.05, 0) is 6.42 Å². The fraction of sp³-hybridized carbons (Fsp3) is 0.300. The molecule has 0 aliphatic rings. The number of hydrogen-bond donors (Lipinski definition) is 0. The summed E-state index contributed by atoms with van der Waals surface area (Å²) in [4.78, 5) is 0. The average molecular weight is 215 g/mol. The van der Waals surface area contributed by atoms with E-state index in [1.54, 1.807) is 6.92 Å². The Morgan fingerprint density at radius 2 is 2.00 bits per heavy atom. The molecular weight excluding hydrogens is 207 g/mol. The van der Waals surface area contributed by atoms with E-state index in [9.17, 15) is 13.2 Å². The minimum Gasteiger partial charge on any atom is -0.488 e. The van der Waals surface area contributed by atoms with Crippen LogP contribution in [0.25, 0.3) is 0 Å². The fourth-order valence-electron chi connectivity index (χ4n) is 1.01. The van der Waals surface area contributed by atoms with Crippen LogP contribution in [0.15, 0.2) is 6.07 Å². The normalized spacial score (nSPS) is 9.80. The summed E-state index contributed by atoms with van der Waals surface area (Å²) in [6, 6.07) is 1.75. The van der Waals surface area contributed by atoms with Gasteiger partial charge in [0, 0.05) is 6.07 Å². The molecule has 1 aromatic carbocycles. The Labute approximate surface area is 84.9 Å². The largest absolute Gasteiger partial charge is 0.488 e. The number of ether oxygens (including phenoxy) is 1. The third-order valence-corrected chi connectivity index (χ3v) is 1.69. The van der Waals surface area contributed by atoms with Crippen LogP contribution in [0.1, 0.15) is 18.9 Å². The molecule has 0 aliphatic carbocycles. The molecule has 0 fully saturated rings. The van der Waals surface area contributed by atoms with Gasteiger partial charge in [0.1, 0.15) is 17.4 Å². The van der Waals surface area contributed by atoms with Crippen LogP contribution in [0.4, 0.5) is 13.2 Å². The third-order valence-electron chi connectivity index (χ3n) is 1.69. The molecule has 0 heterocycles. The van der Waals surface area contributed by atoms with Gasteiger partial charge in [0.25, 0.3) is 0 Å². The van der Waals surface area contributed by atoms with Gasteiger partial charge in [-0.25, -0.2) is 13.2 Å². The maximum Gasteiger partial charge on any atom is 0.192 e. The molecule has 0 bridgehead atoms. The van der Waals surface area contributed by atoms with Crippen LogP contribution in [-0.2, 0) is 0 Å². The van der Waals surface area contributed by atoms with E-state index in [1.165, 1.54) is 6.07 Å². The van der Waals surface area contributed by atoms with Crippen molar-refractivity contribution in [3.05, 3.63) is 29.1 Å². The summed E-state index contributed by atoms with van der Waals surface area (Å²) in [7, 11) is 0. The zero-order valence-corrected chi connectivity index (χ0v) is 7.98. The molecule has 1 rings (SSSR count). The Morgan fingerprint density at radius 1 is 1.33 bits per heavy atom. The van der Waals surface area contributed by atoms with Crippen molar-refractivity contribution in [3.8, 4) is 11.8 Å². The van der Waals surface area contributed by atoms with Gasteiger partial charge in [-0.1, -0.05) is 6.92 Å². The lowest BCUT2D eigenvalue weighted by atomic mass is 10.2. The summed E-state index contributed by atoms with van der Waals surface area (Å²) in [5.41, 5.74) is -0.831. The van der Waals surface area contributed by atoms with Crippen molar-refractivity contribution >= 4 is 0 Å². The van der Waals surface area contributed by atoms with Crippen LogP contribution in [0, 0.1) is 28.8 Å². The van der Waals surface area contributed by atoms with Crippen LogP contribution >= 0.6 is 0 Å². The quantitative estimate of drug-likeness (QED) is 0.776. The van der Waals surface area contributed by atoms with E-state index in [4.69, 9.17) is 10.00 Å². The average Bonchev–Trinajstić information content (AvgIpc) is 2.17. The second-order valence-electron chi connectivity index (χ2n) is 2.82. The van der Waals surface area contributed by atoms with Gasteiger partial charge in [0.2, 0.25) is 0 Å². The summed E-state index contributed by atoms with van der Waals surface area (Å²) in [5.74, 6) is -4.35. The molecule has 0 unspecified atom stereocenters. The van der Waals surface area contributed by atoms with Gasteiger partial charge >= 0.3 is 0 Å². The molecule has 0 saturated carbocycles. The summed E-state index contributed by atoms with van der Waals surface area (Å²) < 4.78 is 43.9. The van der Waals surface area contributed by atoms with Crippen LogP contribution < -0.4 is 4.74 Å². The lowest BCUT2D eigenvalue weighted by molar-refractivity contribution is 0.282. The van der Waals surface area contributed by atoms with E-state index < -0.39 is 28.8 Å². The number of hydrogen-bond acceptors (Lipinski definition) is 2. The molecule has 0 radical (unpaired) electrons. The third kappa shape index (κ3) is 2.21. The zero-order chi connectivity index (χ0) is 11.4. The van der Waals surface area contributed by atoms with Gasteiger partial charge in [-0.15, -0.1) is 0 Å². The first kappa shape index (κ1) is 11.4. The molecule has 0 atom stereocenters. The molecule has 0 saturated heterocycles. The number of rotatable bonds is 3. The zero-order valence-electron chi connectivity index (χ0n) is 7.98. The Kier molecular flexibility index (Phi) is 3.56. The van der Waals surface area contributed by atoms with Crippen LogP contribution in [0.3, 0.4) is 0 Å². The van der Waals surface area contributed by atoms with E-state index in [1.807, 2.05) is 0 Å². The Bertz CT molecular complexity index is 412. The first-order chi connectivity index (χ1) is 7.11. The summed E-state index contributed by atoms with van der Waals surface area (Å²) in [6.07, 6.45) is 0.554. The molecule has 0 N–H and O–H groups in total. The summed E-state index contributed by atoms with van der Waals surface area (Å²) in [5, 5.41) is 8.43. The predicted octanol–water partition coefficient (Wildman–Crippen LogP) is 2.76. The van der Waals surface area contributed by atoms with E-state index in [0.29, 0.717) is 12.5 Å². The van der Waals surface area contributed by atoms with Crippen LogP contribution in [0.2, 0.25) is 0 Å². The molecular formula is C10H8F3NO. The van der Waals surface area contributed by atoms with Crippen molar-refractivity contribution in [2.24, 2.45) is 0 Å². The van der Waals surface area contributed by atoms with Crippen molar-refractivity contribution < 1.29 is 17.9 Å². The number of halogens is 3. The van der Waals surface area contributed by atoms with E-state index in [-0.39, 0.29) is 6.61 Å². The first-order valence-electron chi connectivity index (χ1n) is 4.32. The van der Waals surface area contributed by atoms with E-state index in [0.717, 1.165) is 0 Å². The lowest BCUT2D eigenvalue weighted by Crippen LogP contribution is -2.03. The Balaban J connectivity index is 3.21. The summed E-state index contributed by atoms with van der Waals surface area (Å²) >= 11 is 0. The molecule has 1 aromatic rings. The lowest BCUT2D eigenvalue weighted by Gasteiger charge is -2.08. The van der Waals surface area contributed by atoms with E-state index >= 15 is 0 Å². The minimum absolute atomic E-state index is 0.102. The molecule has 80 valence electrons. The van der Waals surface area contributed by atoms with Crippen molar-refractivity contribution in [1.29, 1.82) is 5.26 Å². The van der Waals surface area contributed by atoms with Crippen LogP contribution in [0.5, 0.6) is 5.75 Å². The second kappa shape index (κ2) is 4.69. The van der Waals surface area contributed by atoms with Gasteiger partial charge in [0.15, 0.2) is 17.4 Å². The Morgan fingerprint density at radius 3 is 2.53 bits per heavy atom. The molecule has 0 spiro atoms. The van der Waals surface area contributed by atoms with Gasteiger partial charge < -0.3 is 4.74 Å². The minimum atomic E-state index is -1.29. The highest BCUT2D eigenvalue weighted by Crippen LogP contribution is 2.26. The number of benzene rings is 1. The Hall–Kier alpha value is -1.70. The van der Waals surface area contributed by atoms with Crippen molar-refractivity contribution in [2.45, 2.75) is 13.3 Å². The molecule has 2 nitrogen and oxygen atoms in total. The molecule has 0 amide bonds. The standard InChI is InChI=1S/C10H8F3NO/c1-2-3-15-10-8(12)4-7(11)6(5-14)9(10)13/h4H,2-3H2,1H3. The molecule has 5 heteroatoms. The highest BCUT2D eigenvalue weighted by molar-refractivity contribution is 5.40. The number of nitrogens with zero attached hydrogens (tertiary/aromatic N) is 1. The highest BCUT2D eigenvalue weighted by atomic mass is 19.1. The maximum absolute atomic E-state index is 13.3.